The Hall–Kier alpha value is -3.97. The highest BCUT2D eigenvalue weighted by Crippen LogP contribution is 2.31. The molecular formula is C24H18ClF3N6O. The number of benzene rings is 2. The Balaban J connectivity index is 1.40. The molecule has 4 aromatic rings. The van der Waals surface area contributed by atoms with Crippen molar-refractivity contribution in [2.75, 3.05) is 36.0 Å². The maximum absolute atomic E-state index is 13.2. The van der Waals surface area contributed by atoms with Crippen molar-refractivity contribution in [3.05, 3.63) is 81.2 Å². The van der Waals surface area contributed by atoms with Crippen LogP contribution in [-0.2, 0) is 6.18 Å². The predicted octanol–water partition coefficient (Wildman–Crippen LogP) is 4.56. The third-order valence-electron chi connectivity index (χ3n) is 6.06. The minimum atomic E-state index is -4.37. The van der Waals surface area contributed by atoms with Crippen LogP contribution in [-0.4, -0.2) is 40.8 Å². The minimum absolute atomic E-state index is 0.232. The van der Waals surface area contributed by atoms with Gasteiger partial charge in [-0.25, -0.2) is 4.98 Å². The number of fused-ring (bicyclic) bond motifs is 1. The van der Waals surface area contributed by atoms with Gasteiger partial charge in [-0.15, -0.1) is 0 Å². The van der Waals surface area contributed by atoms with Gasteiger partial charge in [-0.2, -0.15) is 22.9 Å². The molecule has 1 fully saturated rings. The molecule has 3 heterocycles. The summed E-state index contributed by atoms with van der Waals surface area (Å²) in [7, 11) is 0. The van der Waals surface area contributed by atoms with Gasteiger partial charge in [0.1, 0.15) is 17.5 Å². The molecule has 7 nitrogen and oxygen atoms in total. The van der Waals surface area contributed by atoms with E-state index >= 15 is 0 Å². The lowest BCUT2D eigenvalue weighted by Crippen LogP contribution is -2.47. The summed E-state index contributed by atoms with van der Waals surface area (Å²) in [6.07, 6.45) is -2.93. The first-order valence-corrected chi connectivity index (χ1v) is 11.1. The molecule has 0 atom stereocenters. The number of nitrogens with one attached hydrogen (secondary N) is 1. The molecule has 0 bridgehead atoms. The van der Waals surface area contributed by atoms with Crippen LogP contribution in [0.4, 0.5) is 24.7 Å². The smallest absolute Gasteiger partial charge is 0.368 e. The molecule has 1 N–H and O–H groups in total. The summed E-state index contributed by atoms with van der Waals surface area (Å²) < 4.78 is 39.8. The average molecular weight is 499 g/mol. The van der Waals surface area contributed by atoms with E-state index in [2.05, 4.69) is 16.2 Å². The number of H-pyrrole nitrogens is 1. The van der Waals surface area contributed by atoms with Crippen LogP contribution in [0.25, 0.3) is 16.8 Å². The van der Waals surface area contributed by atoms with Crippen LogP contribution in [0.1, 0.15) is 11.1 Å². The van der Waals surface area contributed by atoms with Gasteiger partial charge in [0.15, 0.2) is 5.65 Å². The van der Waals surface area contributed by atoms with E-state index in [1.165, 1.54) is 22.8 Å². The van der Waals surface area contributed by atoms with Gasteiger partial charge in [0.25, 0.3) is 5.56 Å². The highest BCUT2D eigenvalue weighted by molar-refractivity contribution is 6.30. The minimum Gasteiger partial charge on any atom is -0.368 e. The topological polar surface area (TPSA) is 80.4 Å². The number of hydrogen-bond acceptors (Lipinski definition) is 5. The lowest BCUT2D eigenvalue weighted by Gasteiger charge is -2.36. The van der Waals surface area contributed by atoms with Crippen molar-refractivity contribution in [3.8, 4) is 17.2 Å². The average Bonchev–Trinajstić information content (AvgIpc) is 3.24. The maximum atomic E-state index is 13.2. The second-order valence-electron chi connectivity index (χ2n) is 8.11. The van der Waals surface area contributed by atoms with E-state index in [-0.39, 0.29) is 16.8 Å². The molecule has 0 aliphatic carbocycles. The summed E-state index contributed by atoms with van der Waals surface area (Å²) in [6, 6.07) is 14.0. The van der Waals surface area contributed by atoms with Gasteiger partial charge in [0.05, 0.1) is 11.1 Å². The molecule has 1 aliphatic heterocycles. The third-order valence-corrected chi connectivity index (χ3v) is 6.31. The van der Waals surface area contributed by atoms with Crippen LogP contribution in [0.3, 0.4) is 0 Å². The number of nitriles is 1. The first-order valence-electron chi connectivity index (χ1n) is 10.7. The Morgan fingerprint density at radius 3 is 2.20 bits per heavy atom. The molecule has 0 unspecified atom stereocenters. The first-order chi connectivity index (χ1) is 16.8. The van der Waals surface area contributed by atoms with E-state index in [4.69, 9.17) is 11.6 Å². The maximum Gasteiger partial charge on any atom is 0.416 e. The fourth-order valence-corrected chi connectivity index (χ4v) is 4.34. The number of aromatic nitrogens is 3. The van der Waals surface area contributed by atoms with E-state index in [1.54, 1.807) is 24.3 Å². The summed E-state index contributed by atoms with van der Waals surface area (Å²) in [5.74, 6) is 0.484. The van der Waals surface area contributed by atoms with Crippen molar-refractivity contribution in [1.82, 2.24) is 14.6 Å². The Bertz CT molecular complexity index is 1480. The Labute approximate surface area is 202 Å². The number of rotatable bonds is 3. The Morgan fingerprint density at radius 1 is 0.971 bits per heavy atom. The predicted molar refractivity (Wildman–Crippen MR) is 127 cm³/mol. The first kappa shape index (κ1) is 22.8. The molecule has 35 heavy (non-hydrogen) atoms. The summed E-state index contributed by atoms with van der Waals surface area (Å²) in [5.41, 5.74) is 1.17. The van der Waals surface area contributed by atoms with E-state index < -0.39 is 11.7 Å². The van der Waals surface area contributed by atoms with Gasteiger partial charge in [-0.3, -0.25) is 9.89 Å². The van der Waals surface area contributed by atoms with Crippen molar-refractivity contribution in [2.45, 2.75) is 6.18 Å². The van der Waals surface area contributed by atoms with Gasteiger partial charge in [0.2, 0.25) is 0 Å². The lowest BCUT2D eigenvalue weighted by atomic mass is 10.1. The molecule has 5 rings (SSSR count). The van der Waals surface area contributed by atoms with Crippen molar-refractivity contribution in [1.29, 1.82) is 5.26 Å². The lowest BCUT2D eigenvalue weighted by molar-refractivity contribution is -0.137. The molecule has 0 spiro atoms. The fraction of sp³-hybridized carbons (Fsp3) is 0.208. The molecule has 1 aliphatic rings. The Kier molecular flexibility index (Phi) is 5.65. The van der Waals surface area contributed by atoms with Crippen LogP contribution < -0.4 is 15.4 Å². The molecule has 178 valence electrons. The quantitative estimate of drug-likeness (QED) is 0.448. The van der Waals surface area contributed by atoms with Crippen LogP contribution in [0, 0.1) is 11.3 Å². The zero-order valence-electron chi connectivity index (χ0n) is 18.2. The number of nitrogens with zero attached hydrogens (tertiary/aromatic N) is 5. The fourth-order valence-electron chi connectivity index (χ4n) is 4.21. The second-order valence-corrected chi connectivity index (χ2v) is 8.55. The highest BCUT2D eigenvalue weighted by Gasteiger charge is 2.30. The van der Waals surface area contributed by atoms with Crippen molar-refractivity contribution in [2.24, 2.45) is 0 Å². The Morgan fingerprint density at radius 2 is 1.60 bits per heavy atom. The number of aromatic amines is 1. The summed E-state index contributed by atoms with van der Waals surface area (Å²) in [5, 5.41) is 13.4. The van der Waals surface area contributed by atoms with Gasteiger partial charge >= 0.3 is 6.18 Å². The summed E-state index contributed by atoms with van der Waals surface area (Å²) in [6.45, 7) is 2.07. The normalized spacial score (nSPS) is 14.4. The second kappa shape index (κ2) is 8.67. The van der Waals surface area contributed by atoms with E-state index in [9.17, 15) is 23.2 Å². The van der Waals surface area contributed by atoms with E-state index in [0.717, 1.165) is 12.1 Å². The molecule has 11 heteroatoms. The number of anilines is 2. The molecule has 0 radical (unpaired) electrons. The zero-order chi connectivity index (χ0) is 24.7. The van der Waals surface area contributed by atoms with Crippen LogP contribution in [0.5, 0.6) is 0 Å². The van der Waals surface area contributed by atoms with Crippen LogP contribution in [0.2, 0.25) is 5.02 Å². The number of hydrogen-bond donors (Lipinski definition) is 1. The highest BCUT2D eigenvalue weighted by atomic mass is 35.5. The van der Waals surface area contributed by atoms with Gasteiger partial charge in [-0.05, 0) is 42.0 Å². The van der Waals surface area contributed by atoms with Crippen LogP contribution >= 0.6 is 11.6 Å². The standard InChI is InChI=1S/C24H18ClF3N6O/c25-17-5-1-15(2-6-17)20-14-30-21-19(13-29)22(31-34(21)23(20)35)33-11-9-32(10-12-33)18-7-3-16(4-8-18)24(26,27)28/h1-8,14,31H,9-12H2. The van der Waals surface area contributed by atoms with Crippen LogP contribution in [0.15, 0.2) is 59.5 Å². The van der Waals surface area contributed by atoms with Gasteiger partial charge in [-0.1, -0.05) is 23.7 Å². The van der Waals surface area contributed by atoms with Gasteiger partial charge < -0.3 is 9.80 Å². The third kappa shape index (κ3) is 4.19. The van der Waals surface area contributed by atoms with Crippen molar-refractivity contribution >= 4 is 28.8 Å². The number of alkyl halides is 3. The number of halogens is 4. The molecule has 2 aromatic heterocycles. The molecule has 0 amide bonds. The molecule has 1 saturated heterocycles. The molecular weight excluding hydrogens is 481 g/mol. The summed E-state index contributed by atoms with van der Waals surface area (Å²) >= 11 is 5.94. The number of piperazine rings is 1. The van der Waals surface area contributed by atoms with Crippen molar-refractivity contribution in [3.63, 3.8) is 0 Å². The monoisotopic (exact) mass is 498 g/mol. The van der Waals surface area contributed by atoms with Crippen molar-refractivity contribution < 1.29 is 13.2 Å². The largest absolute Gasteiger partial charge is 0.416 e. The summed E-state index contributed by atoms with van der Waals surface area (Å²) in [4.78, 5) is 21.4. The van der Waals surface area contributed by atoms with Gasteiger partial charge in [0, 0.05) is 43.1 Å². The molecule has 0 saturated carbocycles. The SMILES string of the molecule is N#Cc1c(N2CCN(c3ccc(C(F)(F)F)cc3)CC2)[nH]n2c(=O)c(-c3ccc(Cl)cc3)cnc12. The zero-order valence-corrected chi connectivity index (χ0v) is 18.9. The van der Waals surface area contributed by atoms with E-state index in [1.807, 2.05) is 9.80 Å². The molecule has 2 aromatic carbocycles. The van der Waals surface area contributed by atoms with E-state index in [0.29, 0.717) is 53.8 Å².